The molecule has 0 bridgehead atoms. The molecule has 1 saturated heterocycles. The second kappa shape index (κ2) is 4.25. The zero-order valence-corrected chi connectivity index (χ0v) is 10.3. The molecule has 2 fully saturated rings. The molecule has 1 aromatic carbocycles. The molecule has 1 aliphatic heterocycles. The van der Waals surface area contributed by atoms with Crippen LogP contribution in [0.2, 0.25) is 0 Å². The third-order valence-corrected chi connectivity index (χ3v) is 4.74. The Bertz CT molecular complexity index is 405. The molecule has 1 heterocycles. The van der Waals surface area contributed by atoms with Crippen molar-refractivity contribution in [3.63, 3.8) is 0 Å². The van der Waals surface area contributed by atoms with E-state index in [2.05, 4.69) is 5.32 Å². The van der Waals surface area contributed by atoms with Crippen molar-refractivity contribution in [2.45, 2.75) is 30.8 Å². The van der Waals surface area contributed by atoms with Crippen LogP contribution in [-0.4, -0.2) is 17.5 Å². The fourth-order valence-electron chi connectivity index (χ4n) is 2.51. The van der Waals surface area contributed by atoms with Gasteiger partial charge >= 0.3 is 0 Å². The van der Waals surface area contributed by atoms with Gasteiger partial charge in [0.15, 0.2) is 0 Å². The average Bonchev–Trinajstić information content (AvgIpc) is 2.85. The lowest BCUT2D eigenvalue weighted by Gasteiger charge is -2.22. The van der Waals surface area contributed by atoms with Crippen molar-refractivity contribution in [3.05, 3.63) is 35.4 Å². The highest BCUT2D eigenvalue weighted by Gasteiger charge is 2.46. The van der Waals surface area contributed by atoms with Gasteiger partial charge in [-0.3, -0.25) is 0 Å². The van der Waals surface area contributed by atoms with E-state index in [1.165, 1.54) is 17.9 Å². The Morgan fingerprint density at radius 1 is 1.18 bits per heavy atom. The lowest BCUT2D eigenvalue weighted by atomic mass is 10.0. The van der Waals surface area contributed by atoms with Gasteiger partial charge in [0.05, 0.1) is 0 Å². The lowest BCUT2D eigenvalue weighted by Crippen LogP contribution is -2.38. The van der Waals surface area contributed by atoms with E-state index in [1.807, 2.05) is 11.8 Å². The van der Waals surface area contributed by atoms with Crippen molar-refractivity contribution < 1.29 is 8.78 Å². The molecule has 4 heteroatoms. The molecule has 3 rings (SSSR count). The molecule has 17 heavy (non-hydrogen) atoms. The molecule has 0 radical (unpaired) electrons. The van der Waals surface area contributed by atoms with Gasteiger partial charge in [0.1, 0.15) is 11.6 Å². The summed E-state index contributed by atoms with van der Waals surface area (Å²) in [6.07, 6.45) is 3.12. The Balaban J connectivity index is 1.81. The quantitative estimate of drug-likeness (QED) is 0.891. The van der Waals surface area contributed by atoms with E-state index in [-0.39, 0.29) is 5.54 Å². The van der Waals surface area contributed by atoms with E-state index in [0.717, 1.165) is 36.6 Å². The number of rotatable bonds is 3. The van der Waals surface area contributed by atoms with Crippen molar-refractivity contribution in [1.82, 2.24) is 5.32 Å². The molecule has 0 unspecified atom stereocenters. The summed E-state index contributed by atoms with van der Waals surface area (Å²) in [5.74, 6) is 1.34. The summed E-state index contributed by atoms with van der Waals surface area (Å²) in [6.45, 7) is 0. The number of nitrogens with one attached hydrogen (secondary N) is 1. The number of hydrogen-bond donors (Lipinski definition) is 1. The van der Waals surface area contributed by atoms with Crippen LogP contribution in [0.15, 0.2) is 18.2 Å². The first-order chi connectivity index (χ1) is 8.18. The smallest absolute Gasteiger partial charge is 0.126 e. The Labute approximate surface area is 104 Å². The Kier molecular flexibility index (Phi) is 2.87. The maximum Gasteiger partial charge on any atom is 0.126 e. The maximum atomic E-state index is 13.2. The predicted octanol–water partition coefficient (Wildman–Crippen LogP) is 3.05. The highest BCUT2D eigenvalue weighted by Crippen LogP contribution is 2.47. The van der Waals surface area contributed by atoms with Crippen LogP contribution in [0.4, 0.5) is 8.78 Å². The number of hydrogen-bond acceptors (Lipinski definition) is 2. The van der Waals surface area contributed by atoms with Crippen LogP contribution in [0.3, 0.4) is 0 Å². The summed E-state index contributed by atoms with van der Waals surface area (Å²) in [7, 11) is 0. The van der Waals surface area contributed by atoms with Crippen molar-refractivity contribution in [2.75, 3.05) is 11.5 Å². The van der Waals surface area contributed by atoms with Crippen LogP contribution in [0, 0.1) is 11.6 Å². The van der Waals surface area contributed by atoms with Crippen LogP contribution in [-0.2, 0) is 5.54 Å². The lowest BCUT2D eigenvalue weighted by molar-refractivity contribution is 0.440. The van der Waals surface area contributed by atoms with Crippen LogP contribution < -0.4 is 5.32 Å². The second-order valence-corrected chi connectivity index (χ2v) is 6.09. The Morgan fingerprint density at radius 2 is 1.88 bits per heavy atom. The zero-order chi connectivity index (χ0) is 11.9. The minimum Gasteiger partial charge on any atom is -0.304 e. The van der Waals surface area contributed by atoms with Crippen molar-refractivity contribution in [3.8, 4) is 0 Å². The summed E-state index contributed by atoms with van der Waals surface area (Å²) in [6, 6.07) is 4.36. The highest BCUT2D eigenvalue weighted by molar-refractivity contribution is 7.99. The molecule has 0 spiro atoms. The summed E-state index contributed by atoms with van der Waals surface area (Å²) >= 11 is 1.94. The first kappa shape index (κ1) is 11.5. The third kappa shape index (κ3) is 2.33. The van der Waals surface area contributed by atoms with Crippen LogP contribution in [0.1, 0.15) is 24.8 Å². The van der Waals surface area contributed by atoms with Crippen molar-refractivity contribution in [2.24, 2.45) is 0 Å². The normalized spacial score (nSPS) is 26.1. The summed E-state index contributed by atoms with van der Waals surface area (Å²) in [5, 5.41) is 3.58. The van der Waals surface area contributed by atoms with Gasteiger partial charge in [0, 0.05) is 23.4 Å². The van der Waals surface area contributed by atoms with Gasteiger partial charge in [-0.05, 0) is 42.7 Å². The second-order valence-electron chi connectivity index (χ2n) is 4.95. The van der Waals surface area contributed by atoms with E-state index in [1.54, 1.807) is 0 Å². The van der Waals surface area contributed by atoms with Crippen LogP contribution in [0.25, 0.3) is 0 Å². The molecular formula is C13H15F2NS. The van der Waals surface area contributed by atoms with E-state index >= 15 is 0 Å². The first-order valence-electron chi connectivity index (χ1n) is 6.00. The molecule has 0 aromatic heterocycles. The topological polar surface area (TPSA) is 12.0 Å². The predicted molar refractivity (Wildman–Crippen MR) is 66.1 cm³/mol. The summed E-state index contributed by atoms with van der Waals surface area (Å²) in [5.41, 5.74) is 0.616. The van der Waals surface area contributed by atoms with Gasteiger partial charge in [0.2, 0.25) is 0 Å². The minimum absolute atomic E-state index is 0.154. The minimum atomic E-state index is -0.478. The zero-order valence-electron chi connectivity index (χ0n) is 9.51. The Hall–Kier alpha value is -0.610. The van der Waals surface area contributed by atoms with E-state index in [4.69, 9.17) is 0 Å². The van der Waals surface area contributed by atoms with Gasteiger partial charge in [-0.15, -0.1) is 0 Å². The standard InChI is InChI=1S/C13H15F2NS/c14-10-5-9(6-11(15)7-10)13(2-3-13)16-12-1-4-17-8-12/h5-7,12,16H,1-4,8H2/t12-/m1/s1. The molecule has 0 amide bonds. The van der Waals surface area contributed by atoms with Crippen molar-refractivity contribution in [1.29, 1.82) is 0 Å². The van der Waals surface area contributed by atoms with Gasteiger partial charge in [-0.25, -0.2) is 8.78 Å². The van der Waals surface area contributed by atoms with Crippen LogP contribution >= 0.6 is 11.8 Å². The molecule has 1 aliphatic carbocycles. The molecule has 1 N–H and O–H groups in total. The number of benzene rings is 1. The molecular weight excluding hydrogens is 240 g/mol. The third-order valence-electron chi connectivity index (χ3n) is 3.58. The molecule has 1 saturated carbocycles. The van der Waals surface area contributed by atoms with Crippen molar-refractivity contribution >= 4 is 11.8 Å². The molecule has 1 atom stereocenters. The summed E-state index contributed by atoms with van der Waals surface area (Å²) < 4.78 is 26.5. The summed E-state index contributed by atoms with van der Waals surface area (Å²) in [4.78, 5) is 0. The molecule has 92 valence electrons. The monoisotopic (exact) mass is 255 g/mol. The van der Waals surface area contributed by atoms with E-state index in [0.29, 0.717) is 6.04 Å². The fraction of sp³-hybridized carbons (Fsp3) is 0.538. The van der Waals surface area contributed by atoms with Gasteiger partial charge < -0.3 is 5.32 Å². The fourth-order valence-corrected chi connectivity index (χ4v) is 3.66. The average molecular weight is 255 g/mol. The Morgan fingerprint density at radius 3 is 2.41 bits per heavy atom. The first-order valence-corrected chi connectivity index (χ1v) is 7.15. The largest absolute Gasteiger partial charge is 0.304 e. The highest BCUT2D eigenvalue weighted by atomic mass is 32.2. The van der Waals surface area contributed by atoms with Gasteiger partial charge in [-0.2, -0.15) is 11.8 Å². The number of halogens is 2. The number of thioether (sulfide) groups is 1. The van der Waals surface area contributed by atoms with E-state index < -0.39 is 11.6 Å². The molecule has 1 aromatic rings. The SMILES string of the molecule is Fc1cc(F)cc(C2(N[C@@H]3CCSC3)CC2)c1. The molecule has 2 aliphatic rings. The van der Waals surface area contributed by atoms with Crippen LogP contribution in [0.5, 0.6) is 0 Å². The maximum absolute atomic E-state index is 13.2. The van der Waals surface area contributed by atoms with Gasteiger partial charge in [0.25, 0.3) is 0 Å². The van der Waals surface area contributed by atoms with Gasteiger partial charge in [-0.1, -0.05) is 0 Å². The molecule has 1 nitrogen and oxygen atoms in total. The van der Waals surface area contributed by atoms with E-state index in [9.17, 15) is 8.78 Å².